The first-order valence-electron chi connectivity index (χ1n) is 8.92. The molecule has 3 heterocycles. The van der Waals surface area contributed by atoms with Crippen molar-refractivity contribution in [3.8, 4) is 0 Å². The SMILES string of the molecule is Cc1ccc(C2/C(=C(\[O-])c3ccncc3)C(=O)C(=O)N2CCC[NH+](C)C)o1. The topological polar surface area (TPSA) is 90.9 Å². The molecular weight excluding hydrogens is 346 g/mol. The number of pyridine rings is 1. The second-order valence-electron chi connectivity index (χ2n) is 6.97. The molecule has 0 radical (unpaired) electrons. The van der Waals surface area contributed by atoms with Gasteiger partial charge in [0.05, 0.1) is 20.6 Å². The maximum atomic E-state index is 13.0. The third kappa shape index (κ3) is 3.78. The van der Waals surface area contributed by atoms with Gasteiger partial charge in [0.2, 0.25) is 5.78 Å². The Balaban J connectivity index is 2.05. The molecule has 7 nitrogen and oxygen atoms in total. The number of carbonyl (C=O) groups is 2. The van der Waals surface area contributed by atoms with Gasteiger partial charge in [-0.15, -0.1) is 0 Å². The van der Waals surface area contributed by atoms with Gasteiger partial charge in [-0.25, -0.2) is 0 Å². The lowest BCUT2D eigenvalue weighted by Gasteiger charge is -2.25. The summed E-state index contributed by atoms with van der Waals surface area (Å²) in [6, 6.07) is 5.76. The van der Waals surface area contributed by atoms with Crippen molar-refractivity contribution in [2.24, 2.45) is 0 Å². The first-order chi connectivity index (χ1) is 12.9. The smallest absolute Gasteiger partial charge is 0.295 e. The van der Waals surface area contributed by atoms with Gasteiger partial charge in [0.25, 0.3) is 5.91 Å². The molecule has 1 atom stereocenters. The van der Waals surface area contributed by atoms with E-state index in [0.29, 0.717) is 30.0 Å². The Labute approximate surface area is 157 Å². The fourth-order valence-electron chi connectivity index (χ4n) is 3.26. The molecule has 1 amide bonds. The molecule has 27 heavy (non-hydrogen) atoms. The second kappa shape index (κ2) is 7.75. The number of furan rings is 1. The molecule has 3 rings (SSSR count). The van der Waals surface area contributed by atoms with Crippen molar-refractivity contribution < 1.29 is 24.0 Å². The van der Waals surface area contributed by atoms with Crippen LogP contribution in [0.2, 0.25) is 0 Å². The Kier molecular flexibility index (Phi) is 5.41. The molecule has 1 aliphatic rings. The summed E-state index contributed by atoms with van der Waals surface area (Å²) in [7, 11) is 4.05. The van der Waals surface area contributed by atoms with Crippen LogP contribution in [0.25, 0.3) is 5.76 Å². The van der Waals surface area contributed by atoms with Gasteiger partial charge in [-0.1, -0.05) is 5.76 Å². The van der Waals surface area contributed by atoms with Crippen LogP contribution in [-0.2, 0) is 9.59 Å². The van der Waals surface area contributed by atoms with E-state index in [9.17, 15) is 14.7 Å². The van der Waals surface area contributed by atoms with E-state index >= 15 is 0 Å². The maximum Gasteiger partial charge on any atom is 0.295 e. The number of ketones is 1. The normalized spacial score (nSPS) is 19.3. The number of Topliss-reactive ketones (excluding diaryl/α,β-unsaturated/α-hetero) is 1. The van der Waals surface area contributed by atoms with Gasteiger partial charge < -0.3 is 19.3 Å². The van der Waals surface area contributed by atoms with Crippen LogP contribution in [0, 0.1) is 6.92 Å². The highest BCUT2D eigenvalue weighted by Crippen LogP contribution is 2.39. The van der Waals surface area contributed by atoms with E-state index in [1.165, 1.54) is 34.3 Å². The maximum absolute atomic E-state index is 13.0. The molecule has 0 bridgehead atoms. The molecule has 1 saturated heterocycles. The summed E-state index contributed by atoms with van der Waals surface area (Å²) in [5, 5.41) is 13.0. The van der Waals surface area contributed by atoms with Crippen molar-refractivity contribution in [2.75, 3.05) is 27.2 Å². The number of carbonyl (C=O) groups excluding carboxylic acids is 2. The lowest BCUT2D eigenvalue weighted by atomic mass is 10.00. The summed E-state index contributed by atoms with van der Waals surface area (Å²) in [5.41, 5.74) is 0.270. The van der Waals surface area contributed by atoms with E-state index in [1.807, 2.05) is 14.1 Å². The van der Waals surface area contributed by atoms with Crippen molar-refractivity contribution in [3.63, 3.8) is 0 Å². The predicted molar refractivity (Wildman–Crippen MR) is 96.4 cm³/mol. The number of rotatable bonds is 6. The Morgan fingerprint density at radius 2 is 1.93 bits per heavy atom. The zero-order valence-corrected chi connectivity index (χ0v) is 15.7. The minimum Gasteiger partial charge on any atom is -0.872 e. The van der Waals surface area contributed by atoms with Crippen molar-refractivity contribution in [1.29, 1.82) is 0 Å². The van der Waals surface area contributed by atoms with E-state index in [4.69, 9.17) is 4.42 Å². The molecule has 7 heteroatoms. The standard InChI is InChI=1S/C20H23N3O4/c1-13-5-6-15(27-13)17-16(18(24)14-7-9-21-10-8-14)19(25)20(26)23(17)12-4-11-22(2)3/h5-10,17,24H,4,11-12H2,1-3H3/b18-16+. The van der Waals surface area contributed by atoms with E-state index in [1.54, 1.807) is 19.1 Å². The van der Waals surface area contributed by atoms with Gasteiger partial charge in [0.15, 0.2) is 0 Å². The molecule has 0 aliphatic carbocycles. The number of aromatic nitrogens is 1. The summed E-state index contributed by atoms with van der Waals surface area (Å²) in [6.45, 7) is 3.01. The number of hydrogen-bond donors (Lipinski definition) is 1. The minimum absolute atomic E-state index is 0.0576. The monoisotopic (exact) mass is 369 g/mol. The first kappa shape index (κ1) is 18.8. The zero-order valence-electron chi connectivity index (χ0n) is 15.7. The third-order valence-corrected chi connectivity index (χ3v) is 4.58. The van der Waals surface area contributed by atoms with Crippen LogP contribution in [0.4, 0.5) is 0 Å². The van der Waals surface area contributed by atoms with E-state index in [-0.39, 0.29) is 5.57 Å². The van der Waals surface area contributed by atoms with Gasteiger partial charge in [-0.2, -0.15) is 0 Å². The number of nitrogens with zero attached hydrogens (tertiary/aromatic N) is 2. The lowest BCUT2D eigenvalue weighted by Crippen LogP contribution is -3.05. The average molecular weight is 369 g/mol. The zero-order chi connectivity index (χ0) is 19.6. The summed E-state index contributed by atoms with van der Waals surface area (Å²) in [4.78, 5) is 32.0. The van der Waals surface area contributed by atoms with Crippen molar-refractivity contribution in [3.05, 3.63) is 59.3 Å². The van der Waals surface area contributed by atoms with Gasteiger partial charge in [-0.05, 0) is 36.8 Å². The van der Waals surface area contributed by atoms with Gasteiger partial charge in [-0.3, -0.25) is 14.6 Å². The molecule has 0 spiro atoms. The highest BCUT2D eigenvalue weighted by Gasteiger charge is 2.45. The number of quaternary nitrogens is 1. The van der Waals surface area contributed by atoms with Crippen LogP contribution in [0.3, 0.4) is 0 Å². The van der Waals surface area contributed by atoms with Crippen molar-refractivity contribution >= 4 is 17.4 Å². The highest BCUT2D eigenvalue weighted by molar-refractivity contribution is 6.46. The molecule has 2 aromatic rings. The summed E-state index contributed by atoms with van der Waals surface area (Å²) in [5.74, 6) is -0.782. The van der Waals surface area contributed by atoms with Crippen LogP contribution in [0.5, 0.6) is 0 Å². The molecule has 1 unspecified atom stereocenters. The summed E-state index contributed by atoms with van der Waals surface area (Å²) in [6.07, 6.45) is 3.69. The average Bonchev–Trinajstić information content (AvgIpc) is 3.18. The van der Waals surface area contributed by atoms with Gasteiger partial charge in [0, 0.05) is 30.9 Å². The number of amides is 1. The molecule has 142 valence electrons. The number of hydrogen-bond acceptors (Lipinski definition) is 5. The van der Waals surface area contributed by atoms with Crippen LogP contribution >= 0.6 is 0 Å². The Bertz CT molecular complexity index is 870. The Morgan fingerprint density at radius 1 is 1.22 bits per heavy atom. The first-order valence-corrected chi connectivity index (χ1v) is 8.92. The molecule has 2 aromatic heterocycles. The lowest BCUT2D eigenvalue weighted by molar-refractivity contribution is -0.858. The number of likely N-dealkylation sites (tertiary alicyclic amines) is 1. The van der Waals surface area contributed by atoms with Crippen LogP contribution in [0.1, 0.15) is 29.5 Å². The van der Waals surface area contributed by atoms with Gasteiger partial charge in [0.1, 0.15) is 17.6 Å². The quantitative estimate of drug-likeness (QED) is 0.430. The Morgan fingerprint density at radius 3 is 2.52 bits per heavy atom. The van der Waals surface area contributed by atoms with E-state index in [0.717, 1.165) is 6.54 Å². The molecule has 0 saturated carbocycles. The fraction of sp³-hybridized carbons (Fsp3) is 0.350. The Hall–Kier alpha value is -2.93. The molecule has 1 aliphatic heterocycles. The number of nitrogens with one attached hydrogen (secondary N) is 1. The van der Waals surface area contributed by atoms with E-state index < -0.39 is 23.5 Å². The summed E-state index contributed by atoms with van der Waals surface area (Å²) >= 11 is 0. The molecule has 1 N–H and O–H groups in total. The minimum atomic E-state index is -0.795. The summed E-state index contributed by atoms with van der Waals surface area (Å²) < 4.78 is 5.70. The predicted octanol–water partition coefficient (Wildman–Crippen LogP) is -0.258. The van der Waals surface area contributed by atoms with E-state index in [2.05, 4.69) is 4.98 Å². The van der Waals surface area contributed by atoms with Crippen LogP contribution in [-0.4, -0.2) is 48.8 Å². The second-order valence-corrected chi connectivity index (χ2v) is 6.97. The molecular formula is C20H23N3O4. The van der Waals surface area contributed by atoms with Crippen molar-refractivity contribution in [1.82, 2.24) is 9.88 Å². The van der Waals surface area contributed by atoms with Crippen LogP contribution in [0.15, 0.2) is 46.6 Å². The largest absolute Gasteiger partial charge is 0.872 e. The fourth-order valence-corrected chi connectivity index (χ4v) is 3.26. The third-order valence-electron chi connectivity index (χ3n) is 4.58. The van der Waals surface area contributed by atoms with Crippen molar-refractivity contribution in [2.45, 2.75) is 19.4 Å². The molecule has 1 fully saturated rings. The molecule has 0 aromatic carbocycles. The number of aryl methyl sites for hydroxylation is 1. The highest BCUT2D eigenvalue weighted by atomic mass is 16.3. The van der Waals surface area contributed by atoms with Gasteiger partial charge >= 0.3 is 0 Å². The van der Waals surface area contributed by atoms with Crippen LogP contribution < -0.4 is 10.0 Å².